The summed E-state index contributed by atoms with van der Waals surface area (Å²) in [6.07, 6.45) is 1.19. The number of methoxy groups -OCH3 is 2. The molecule has 0 heterocycles. The van der Waals surface area contributed by atoms with Gasteiger partial charge in [0.2, 0.25) is 0 Å². The van der Waals surface area contributed by atoms with Crippen LogP contribution in [0.25, 0.3) is 0 Å². The summed E-state index contributed by atoms with van der Waals surface area (Å²) in [5.41, 5.74) is 6.55. The molecule has 0 aliphatic carbocycles. The number of ether oxygens (including phenoxy) is 2. The maximum absolute atomic E-state index is 11.6. The van der Waals surface area contributed by atoms with Crippen LogP contribution in [0.3, 0.4) is 0 Å². The average molecular weight is 360 g/mol. The summed E-state index contributed by atoms with van der Waals surface area (Å²) < 4.78 is 10.5. The van der Waals surface area contributed by atoms with E-state index in [1.54, 1.807) is 0 Å². The molecule has 0 aliphatic heterocycles. The number of carbonyl (C=O) groups is 2. The number of benzene rings is 2. The van der Waals surface area contributed by atoms with E-state index in [0.29, 0.717) is 12.6 Å². The first-order valence-electron chi connectivity index (χ1n) is 7.71. The van der Waals surface area contributed by atoms with Gasteiger partial charge in [0.05, 0.1) is 25.6 Å². The van der Waals surface area contributed by atoms with Crippen LogP contribution in [0.15, 0.2) is 24.3 Å². The van der Waals surface area contributed by atoms with Crippen molar-refractivity contribution in [3.8, 4) is 23.0 Å². The second-order valence-electron chi connectivity index (χ2n) is 5.29. The fourth-order valence-electron chi connectivity index (χ4n) is 2.77. The Bertz CT molecular complexity index is 756. The predicted molar refractivity (Wildman–Crippen MR) is 96.2 cm³/mol. The van der Waals surface area contributed by atoms with Crippen LogP contribution in [0.1, 0.15) is 20.7 Å². The molecule has 0 amide bonds. The van der Waals surface area contributed by atoms with Gasteiger partial charge < -0.3 is 30.3 Å². The largest absolute Gasteiger partial charge is 0.504 e. The Morgan fingerprint density at radius 1 is 0.923 bits per heavy atom. The Morgan fingerprint density at radius 3 is 1.65 bits per heavy atom. The second kappa shape index (κ2) is 8.21. The van der Waals surface area contributed by atoms with Gasteiger partial charge >= 0.3 is 0 Å². The van der Waals surface area contributed by atoms with E-state index in [2.05, 4.69) is 0 Å². The van der Waals surface area contributed by atoms with Crippen LogP contribution in [0, 0.1) is 0 Å². The first-order valence-corrected chi connectivity index (χ1v) is 7.71. The van der Waals surface area contributed by atoms with E-state index >= 15 is 0 Å². The summed E-state index contributed by atoms with van der Waals surface area (Å²) in [5, 5.41) is 20.3. The molecule has 0 aromatic heterocycles. The fraction of sp³-hybridized carbons (Fsp3) is 0.222. The molecule has 0 spiro atoms. The number of aromatic hydroxyl groups is 2. The number of carbonyl (C=O) groups excluding carboxylic acids is 2. The van der Waals surface area contributed by atoms with E-state index in [4.69, 9.17) is 15.2 Å². The van der Waals surface area contributed by atoms with Gasteiger partial charge in [0, 0.05) is 24.2 Å². The minimum atomic E-state index is -0.193. The molecule has 4 N–H and O–H groups in total. The predicted octanol–water partition coefficient (Wildman–Crippen LogP) is 1.84. The summed E-state index contributed by atoms with van der Waals surface area (Å²) in [6.45, 7) is 0.301. The third kappa shape index (κ3) is 3.27. The number of phenolic OH excluding ortho intramolecular Hbond substituents is 2. The normalized spacial score (nSPS) is 10.3. The molecule has 0 saturated carbocycles. The molecule has 0 saturated heterocycles. The van der Waals surface area contributed by atoms with Crippen molar-refractivity contribution in [2.24, 2.45) is 5.73 Å². The molecule has 26 heavy (non-hydrogen) atoms. The van der Waals surface area contributed by atoms with Crippen LogP contribution in [-0.4, -0.2) is 50.1 Å². The lowest BCUT2D eigenvalue weighted by molar-refractivity contribution is 0.111. The topological polar surface area (TPSA) is 122 Å². The van der Waals surface area contributed by atoms with E-state index in [1.165, 1.54) is 43.4 Å². The number of nitrogens with two attached hydrogens (primary N) is 1. The third-order valence-corrected chi connectivity index (χ3v) is 3.84. The first kappa shape index (κ1) is 19.1. The minimum absolute atomic E-state index is 0.0327. The van der Waals surface area contributed by atoms with E-state index in [9.17, 15) is 19.8 Å². The quantitative estimate of drug-likeness (QED) is 0.610. The van der Waals surface area contributed by atoms with Crippen molar-refractivity contribution >= 4 is 23.9 Å². The smallest absolute Gasteiger partial charge is 0.185 e. The average Bonchev–Trinajstić information content (AvgIpc) is 2.65. The SMILES string of the molecule is COc1c(O)ccc(C=O)c1N(CCN)c1c(C=O)ccc(O)c1OC. The van der Waals surface area contributed by atoms with Crippen LogP contribution in [-0.2, 0) is 0 Å². The molecule has 0 fully saturated rings. The molecule has 0 atom stereocenters. The molecular weight excluding hydrogens is 340 g/mol. The van der Waals surface area contributed by atoms with Gasteiger partial charge in [-0.2, -0.15) is 0 Å². The highest BCUT2D eigenvalue weighted by atomic mass is 16.5. The van der Waals surface area contributed by atoms with Crippen molar-refractivity contribution in [2.45, 2.75) is 0 Å². The van der Waals surface area contributed by atoms with Gasteiger partial charge in [-0.25, -0.2) is 0 Å². The summed E-state index contributed by atoms with van der Waals surface area (Å²) in [5.74, 6) is -0.320. The number of hydrogen-bond acceptors (Lipinski definition) is 8. The summed E-state index contributed by atoms with van der Waals surface area (Å²) >= 11 is 0. The zero-order chi connectivity index (χ0) is 19.3. The van der Waals surface area contributed by atoms with Crippen LogP contribution in [0.2, 0.25) is 0 Å². The highest BCUT2D eigenvalue weighted by Gasteiger charge is 2.27. The summed E-state index contributed by atoms with van der Waals surface area (Å²) in [4.78, 5) is 24.7. The van der Waals surface area contributed by atoms with E-state index in [0.717, 1.165) is 0 Å². The van der Waals surface area contributed by atoms with Gasteiger partial charge in [0.25, 0.3) is 0 Å². The fourth-order valence-corrected chi connectivity index (χ4v) is 2.77. The maximum atomic E-state index is 11.6. The Hall–Kier alpha value is -3.26. The van der Waals surface area contributed by atoms with Crippen molar-refractivity contribution in [3.05, 3.63) is 35.4 Å². The van der Waals surface area contributed by atoms with Gasteiger partial charge in [-0.15, -0.1) is 0 Å². The standard InChI is InChI=1S/C18H20N2O6/c1-25-17-13(23)5-3-11(9-21)15(17)20(8-7-19)16-12(10-22)4-6-14(24)18(16)26-2/h3-6,9-10,23-24H,7-8,19H2,1-2H3. The van der Waals surface area contributed by atoms with E-state index in [1.807, 2.05) is 0 Å². The zero-order valence-electron chi connectivity index (χ0n) is 14.4. The summed E-state index contributed by atoms with van der Waals surface area (Å²) in [7, 11) is 2.68. The third-order valence-electron chi connectivity index (χ3n) is 3.84. The molecule has 0 radical (unpaired) electrons. The lowest BCUT2D eigenvalue weighted by Gasteiger charge is -2.30. The lowest BCUT2D eigenvalue weighted by atomic mass is 10.1. The molecule has 2 rings (SSSR count). The summed E-state index contributed by atoms with van der Waals surface area (Å²) in [6, 6.07) is 5.49. The Labute approximate surface area is 150 Å². The lowest BCUT2D eigenvalue weighted by Crippen LogP contribution is -2.27. The van der Waals surface area contributed by atoms with Crippen LogP contribution in [0.5, 0.6) is 23.0 Å². The molecule has 0 bridgehead atoms. The van der Waals surface area contributed by atoms with Crippen molar-refractivity contribution < 1.29 is 29.3 Å². The van der Waals surface area contributed by atoms with Crippen molar-refractivity contribution in [1.29, 1.82) is 0 Å². The van der Waals surface area contributed by atoms with Gasteiger partial charge in [0.1, 0.15) is 0 Å². The van der Waals surface area contributed by atoms with Gasteiger partial charge in [-0.3, -0.25) is 9.59 Å². The van der Waals surface area contributed by atoms with Gasteiger partial charge in [-0.05, 0) is 24.3 Å². The molecule has 2 aromatic rings. The van der Waals surface area contributed by atoms with E-state index in [-0.39, 0.29) is 58.6 Å². The molecule has 0 unspecified atom stereocenters. The molecule has 0 aliphatic rings. The monoisotopic (exact) mass is 360 g/mol. The number of phenols is 2. The number of nitrogens with zero attached hydrogens (tertiary/aromatic N) is 1. The zero-order valence-corrected chi connectivity index (χ0v) is 14.4. The molecule has 138 valence electrons. The van der Waals surface area contributed by atoms with Crippen LogP contribution < -0.4 is 20.1 Å². The van der Waals surface area contributed by atoms with Crippen molar-refractivity contribution in [1.82, 2.24) is 0 Å². The highest BCUT2D eigenvalue weighted by Crippen LogP contribution is 2.47. The Kier molecular flexibility index (Phi) is 6.03. The number of aldehydes is 2. The maximum Gasteiger partial charge on any atom is 0.185 e. The molecule has 8 nitrogen and oxygen atoms in total. The highest BCUT2D eigenvalue weighted by molar-refractivity contribution is 5.97. The number of rotatable bonds is 8. The second-order valence-corrected chi connectivity index (χ2v) is 5.29. The molecule has 2 aromatic carbocycles. The Morgan fingerprint density at radius 2 is 1.35 bits per heavy atom. The van der Waals surface area contributed by atoms with Gasteiger partial charge in [-0.1, -0.05) is 0 Å². The van der Waals surface area contributed by atoms with E-state index < -0.39 is 0 Å². The minimum Gasteiger partial charge on any atom is -0.504 e. The first-order chi connectivity index (χ1) is 12.5. The van der Waals surface area contributed by atoms with Crippen LogP contribution in [0.4, 0.5) is 11.4 Å². The van der Waals surface area contributed by atoms with Gasteiger partial charge in [0.15, 0.2) is 35.6 Å². The van der Waals surface area contributed by atoms with Crippen LogP contribution >= 0.6 is 0 Å². The molecule has 8 heteroatoms. The Balaban J connectivity index is 2.89. The number of anilines is 2. The van der Waals surface area contributed by atoms with Crippen molar-refractivity contribution in [2.75, 3.05) is 32.2 Å². The number of hydrogen-bond donors (Lipinski definition) is 3. The molecular formula is C18H20N2O6. The van der Waals surface area contributed by atoms with Crippen molar-refractivity contribution in [3.63, 3.8) is 0 Å².